The summed E-state index contributed by atoms with van der Waals surface area (Å²) in [7, 11) is 0. The molecule has 0 atom stereocenters. The minimum atomic E-state index is 0.769. The Morgan fingerprint density at radius 1 is 0.565 bits per heavy atom. The van der Waals surface area contributed by atoms with Crippen LogP contribution in [0.4, 0.5) is 0 Å². The third-order valence-electron chi connectivity index (χ3n) is 4.66. The SMILES string of the molecule is Clc1ccc(-c2cc3cccc4ccc5cccc2c5c43)cc1. The molecule has 0 bridgehead atoms. The van der Waals surface area contributed by atoms with Crippen LogP contribution in [0.3, 0.4) is 0 Å². The van der Waals surface area contributed by atoms with Gasteiger partial charge >= 0.3 is 0 Å². The van der Waals surface area contributed by atoms with Crippen molar-refractivity contribution < 1.29 is 0 Å². The average Bonchev–Trinajstić information content (AvgIpc) is 2.60. The highest BCUT2D eigenvalue weighted by molar-refractivity contribution is 6.30. The second-order valence-corrected chi connectivity index (χ2v) is 6.42. The van der Waals surface area contributed by atoms with Gasteiger partial charge in [-0.25, -0.2) is 0 Å². The minimum absolute atomic E-state index is 0.769. The van der Waals surface area contributed by atoms with Crippen LogP contribution >= 0.6 is 11.6 Å². The molecule has 0 spiro atoms. The van der Waals surface area contributed by atoms with Crippen LogP contribution in [0.1, 0.15) is 0 Å². The molecule has 0 aliphatic rings. The molecule has 0 saturated heterocycles. The van der Waals surface area contributed by atoms with E-state index in [1.807, 2.05) is 12.1 Å². The van der Waals surface area contributed by atoms with Crippen molar-refractivity contribution in [3.05, 3.63) is 83.9 Å². The molecule has 5 aromatic rings. The molecule has 0 fully saturated rings. The van der Waals surface area contributed by atoms with Crippen LogP contribution in [0.15, 0.2) is 78.9 Å². The van der Waals surface area contributed by atoms with E-state index >= 15 is 0 Å². The van der Waals surface area contributed by atoms with Gasteiger partial charge in [-0.3, -0.25) is 0 Å². The molecule has 108 valence electrons. The van der Waals surface area contributed by atoms with Crippen molar-refractivity contribution in [2.24, 2.45) is 0 Å². The van der Waals surface area contributed by atoms with Gasteiger partial charge in [-0.2, -0.15) is 0 Å². The van der Waals surface area contributed by atoms with Crippen LogP contribution in [-0.2, 0) is 0 Å². The number of rotatable bonds is 1. The van der Waals surface area contributed by atoms with Crippen molar-refractivity contribution in [1.82, 2.24) is 0 Å². The Bertz CT molecular complexity index is 1150. The zero-order valence-corrected chi connectivity index (χ0v) is 13.1. The Balaban J connectivity index is 2.01. The summed E-state index contributed by atoms with van der Waals surface area (Å²) in [4.78, 5) is 0. The molecule has 5 rings (SSSR count). The van der Waals surface area contributed by atoms with E-state index in [0.717, 1.165) is 5.02 Å². The topological polar surface area (TPSA) is 0 Å². The molecule has 0 aliphatic heterocycles. The van der Waals surface area contributed by atoms with Crippen molar-refractivity contribution in [2.75, 3.05) is 0 Å². The first-order valence-corrected chi connectivity index (χ1v) is 8.11. The fraction of sp³-hybridized carbons (Fsp3) is 0. The molecule has 0 amide bonds. The summed E-state index contributed by atoms with van der Waals surface area (Å²) in [6, 6.07) is 27.9. The van der Waals surface area contributed by atoms with Crippen molar-refractivity contribution >= 4 is 43.9 Å². The van der Waals surface area contributed by atoms with Crippen LogP contribution < -0.4 is 0 Å². The second kappa shape index (κ2) is 4.71. The highest BCUT2D eigenvalue weighted by atomic mass is 35.5. The molecule has 0 saturated carbocycles. The maximum absolute atomic E-state index is 6.06. The lowest BCUT2D eigenvalue weighted by Crippen LogP contribution is -1.87. The maximum Gasteiger partial charge on any atom is 0.0406 e. The monoisotopic (exact) mass is 312 g/mol. The van der Waals surface area contributed by atoms with E-state index in [9.17, 15) is 0 Å². The lowest BCUT2D eigenvalue weighted by molar-refractivity contribution is 1.67. The molecule has 23 heavy (non-hydrogen) atoms. The molecule has 0 aliphatic carbocycles. The molecule has 1 heteroatoms. The van der Waals surface area contributed by atoms with Crippen molar-refractivity contribution in [3.63, 3.8) is 0 Å². The highest BCUT2D eigenvalue weighted by Gasteiger charge is 2.12. The largest absolute Gasteiger partial charge is 0.0843 e. The summed E-state index contributed by atoms with van der Waals surface area (Å²) in [5.74, 6) is 0. The van der Waals surface area contributed by atoms with E-state index in [-0.39, 0.29) is 0 Å². The van der Waals surface area contributed by atoms with Crippen molar-refractivity contribution in [2.45, 2.75) is 0 Å². The van der Waals surface area contributed by atoms with Gasteiger partial charge in [0, 0.05) is 5.02 Å². The Kier molecular flexibility index (Phi) is 2.65. The lowest BCUT2D eigenvalue weighted by Gasteiger charge is -2.14. The average molecular weight is 313 g/mol. The Morgan fingerprint density at radius 3 is 2.00 bits per heavy atom. The van der Waals surface area contributed by atoms with E-state index in [4.69, 9.17) is 11.6 Å². The summed E-state index contributed by atoms with van der Waals surface area (Å²) in [6.45, 7) is 0. The predicted octanol–water partition coefficient (Wildman–Crippen LogP) is 6.90. The summed E-state index contributed by atoms with van der Waals surface area (Å²) in [5.41, 5.74) is 2.46. The quantitative estimate of drug-likeness (QED) is 0.295. The zero-order valence-electron chi connectivity index (χ0n) is 12.4. The standard InChI is InChI=1S/C22H13Cl/c23-18-11-9-14(10-12-18)20-13-17-5-1-3-15-7-8-16-4-2-6-19(20)22(16)21(15)17/h1-13H. The molecule has 0 N–H and O–H groups in total. The van der Waals surface area contributed by atoms with E-state index < -0.39 is 0 Å². The molecule has 0 unspecified atom stereocenters. The van der Waals surface area contributed by atoms with Gasteiger partial charge in [0.1, 0.15) is 0 Å². The Labute approximate surface area is 139 Å². The third kappa shape index (κ3) is 1.85. The smallest absolute Gasteiger partial charge is 0.0406 e. The first kappa shape index (κ1) is 12.9. The second-order valence-electron chi connectivity index (χ2n) is 5.98. The van der Waals surface area contributed by atoms with Gasteiger partial charge in [0.15, 0.2) is 0 Å². The summed E-state index contributed by atoms with van der Waals surface area (Å²) in [6.07, 6.45) is 0. The van der Waals surface area contributed by atoms with Crippen LogP contribution in [0.5, 0.6) is 0 Å². The van der Waals surface area contributed by atoms with Crippen LogP contribution in [0, 0.1) is 0 Å². The van der Waals surface area contributed by atoms with Gasteiger partial charge < -0.3 is 0 Å². The third-order valence-corrected chi connectivity index (χ3v) is 4.92. The zero-order chi connectivity index (χ0) is 15.4. The van der Waals surface area contributed by atoms with E-state index in [1.54, 1.807) is 0 Å². The van der Waals surface area contributed by atoms with Crippen molar-refractivity contribution in [3.8, 4) is 11.1 Å². The Morgan fingerprint density at radius 2 is 1.22 bits per heavy atom. The minimum Gasteiger partial charge on any atom is -0.0843 e. The van der Waals surface area contributed by atoms with E-state index in [1.165, 1.54) is 43.4 Å². The van der Waals surface area contributed by atoms with Gasteiger partial charge in [0.2, 0.25) is 0 Å². The maximum atomic E-state index is 6.06. The van der Waals surface area contributed by atoms with Gasteiger partial charge in [0.25, 0.3) is 0 Å². The first-order valence-electron chi connectivity index (χ1n) is 7.74. The van der Waals surface area contributed by atoms with E-state index in [2.05, 4.69) is 66.7 Å². The summed E-state index contributed by atoms with van der Waals surface area (Å²) >= 11 is 6.06. The predicted molar refractivity (Wildman–Crippen MR) is 101 cm³/mol. The molecule has 0 aromatic heterocycles. The highest BCUT2D eigenvalue weighted by Crippen LogP contribution is 2.40. The van der Waals surface area contributed by atoms with Crippen LogP contribution in [0.25, 0.3) is 43.4 Å². The number of halogens is 1. The van der Waals surface area contributed by atoms with Gasteiger partial charge in [-0.15, -0.1) is 0 Å². The molecule has 0 heterocycles. The lowest BCUT2D eigenvalue weighted by atomic mass is 9.89. The van der Waals surface area contributed by atoms with Gasteiger partial charge in [-0.05, 0) is 61.6 Å². The number of benzene rings is 5. The van der Waals surface area contributed by atoms with Gasteiger partial charge in [-0.1, -0.05) is 72.3 Å². The summed E-state index contributed by atoms with van der Waals surface area (Å²) in [5, 5.41) is 8.67. The van der Waals surface area contributed by atoms with Crippen LogP contribution in [-0.4, -0.2) is 0 Å². The molecule has 5 aromatic carbocycles. The molecule has 0 radical (unpaired) electrons. The fourth-order valence-corrected chi connectivity index (χ4v) is 3.76. The van der Waals surface area contributed by atoms with E-state index in [0.29, 0.717) is 0 Å². The molecule has 0 nitrogen and oxygen atoms in total. The first-order chi connectivity index (χ1) is 11.3. The Hall–Kier alpha value is -2.57. The molecular formula is C22H13Cl. The number of hydrogen-bond acceptors (Lipinski definition) is 0. The van der Waals surface area contributed by atoms with Crippen molar-refractivity contribution in [1.29, 1.82) is 0 Å². The fourth-order valence-electron chi connectivity index (χ4n) is 3.63. The molecular weight excluding hydrogens is 300 g/mol. The van der Waals surface area contributed by atoms with Gasteiger partial charge in [0.05, 0.1) is 0 Å². The van der Waals surface area contributed by atoms with Crippen LogP contribution in [0.2, 0.25) is 5.02 Å². The summed E-state index contributed by atoms with van der Waals surface area (Å²) < 4.78 is 0. The normalized spacial score (nSPS) is 11.7. The number of hydrogen-bond donors (Lipinski definition) is 0.